The second-order valence-corrected chi connectivity index (χ2v) is 7.22. The summed E-state index contributed by atoms with van der Waals surface area (Å²) in [6.07, 6.45) is 3.56. The van der Waals surface area contributed by atoms with Crippen molar-refractivity contribution in [3.05, 3.63) is 78.1 Å². The van der Waals surface area contributed by atoms with Gasteiger partial charge in [0.25, 0.3) is 0 Å². The average Bonchev–Trinajstić information content (AvgIpc) is 2.79. The van der Waals surface area contributed by atoms with Crippen LogP contribution in [0.4, 0.5) is 5.69 Å². The van der Waals surface area contributed by atoms with Gasteiger partial charge in [0.1, 0.15) is 6.10 Å². The summed E-state index contributed by atoms with van der Waals surface area (Å²) in [5, 5.41) is 7.16. The monoisotopic (exact) mass is 390 g/mol. The van der Waals surface area contributed by atoms with Gasteiger partial charge in [-0.3, -0.25) is 0 Å². The van der Waals surface area contributed by atoms with Gasteiger partial charge in [-0.25, -0.2) is 9.97 Å². The van der Waals surface area contributed by atoms with Crippen molar-refractivity contribution in [3.63, 3.8) is 0 Å². The molecule has 3 atom stereocenters. The van der Waals surface area contributed by atoms with Gasteiger partial charge in [-0.15, -0.1) is 0 Å². The molecule has 29 heavy (non-hydrogen) atoms. The highest BCUT2D eigenvalue weighted by Crippen LogP contribution is 2.31. The number of pyridine rings is 2. The first-order chi connectivity index (χ1) is 14.2. The van der Waals surface area contributed by atoms with Crippen molar-refractivity contribution in [3.8, 4) is 11.8 Å². The lowest BCUT2D eigenvalue weighted by atomic mass is 9.98. The van der Waals surface area contributed by atoms with E-state index in [2.05, 4.69) is 57.9 Å². The number of rotatable bonds is 7. The minimum Gasteiger partial charge on any atom is -0.481 e. The van der Waals surface area contributed by atoms with Gasteiger partial charge in [0.2, 0.25) is 11.8 Å². The van der Waals surface area contributed by atoms with Crippen molar-refractivity contribution in [1.29, 1.82) is 0 Å². The SMILES string of the molecule is COc1ccc([C@H](C)CN[C@H](c2ccccc2)[C@@H]2CNc3cccnc3O2)cn1. The molecule has 0 spiro atoms. The Hall–Kier alpha value is -3.12. The summed E-state index contributed by atoms with van der Waals surface area (Å²) in [7, 11) is 1.63. The van der Waals surface area contributed by atoms with E-state index in [0.29, 0.717) is 24.2 Å². The van der Waals surface area contributed by atoms with Gasteiger partial charge in [-0.2, -0.15) is 0 Å². The van der Waals surface area contributed by atoms with Gasteiger partial charge in [0, 0.05) is 25.0 Å². The number of methoxy groups -OCH3 is 1. The quantitative estimate of drug-likeness (QED) is 0.640. The molecule has 0 saturated heterocycles. The number of hydrogen-bond acceptors (Lipinski definition) is 6. The summed E-state index contributed by atoms with van der Waals surface area (Å²) in [6, 6.07) is 18.3. The Balaban J connectivity index is 1.49. The highest BCUT2D eigenvalue weighted by Gasteiger charge is 2.29. The highest BCUT2D eigenvalue weighted by atomic mass is 16.5. The zero-order chi connectivity index (χ0) is 20.1. The van der Waals surface area contributed by atoms with Crippen LogP contribution in [-0.2, 0) is 0 Å². The Morgan fingerprint density at radius 1 is 1.10 bits per heavy atom. The number of nitrogens with zero attached hydrogens (tertiary/aromatic N) is 2. The normalized spacial score (nSPS) is 17.4. The summed E-state index contributed by atoms with van der Waals surface area (Å²) in [6.45, 7) is 3.70. The van der Waals surface area contributed by atoms with Crippen molar-refractivity contribution in [2.75, 3.05) is 25.5 Å². The second kappa shape index (κ2) is 8.92. The maximum atomic E-state index is 6.25. The Bertz CT molecular complexity index is 918. The molecule has 1 aromatic carbocycles. The molecule has 3 heterocycles. The smallest absolute Gasteiger partial charge is 0.237 e. The number of aromatic nitrogens is 2. The maximum Gasteiger partial charge on any atom is 0.237 e. The van der Waals surface area contributed by atoms with Crippen molar-refractivity contribution in [1.82, 2.24) is 15.3 Å². The van der Waals surface area contributed by atoms with Crippen LogP contribution in [0.5, 0.6) is 11.8 Å². The van der Waals surface area contributed by atoms with E-state index in [1.165, 1.54) is 11.1 Å². The van der Waals surface area contributed by atoms with E-state index in [1.54, 1.807) is 13.3 Å². The van der Waals surface area contributed by atoms with E-state index >= 15 is 0 Å². The fourth-order valence-electron chi connectivity index (χ4n) is 3.55. The third-order valence-corrected chi connectivity index (χ3v) is 5.24. The molecule has 0 unspecified atom stereocenters. The predicted octanol–water partition coefficient (Wildman–Crippen LogP) is 3.79. The van der Waals surface area contributed by atoms with Gasteiger partial charge >= 0.3 is 0 Å². The molecule has 0 fully saturated rings. The number of hydrogen-bond donors (Lipinski definition) is 2. The molecular weight excluding hydrogens is 364 g/mol. The van der Waals surface area contributed by atoms with Gasteiger partial charge < -0.3 is 20.1 Å². The van der Waals surface area contributed by atoms with E-state index in [-0.39, 0.29) is 12.1 Å². The molecule has 1 aliphatic heterocycles. The van der Waals surface area contributed by atoms with Gasteiger partial charge in [-0.05, 0) is 29.2 Å². The van der Waals surface area contributed by atoms with Crippen LogP contribution < -0.4 is 20.1 Å². The van der Waals surface area contributed by atoms with E-state index in [9.17, 15) is 0 Å². The molecule has 0 amide bonds. The third kappa shape index (κ3) is 4.49. The Labute approximate surface area is 171 Å². The summed E-state index contributed by atoms with van der Waals surface area (Å²) in [4.78, 5) is 8.70. The molecule has 150 valence electrons. The number of fused-ring (bicyclic) bond motifs is 1. The predicted molar refractivity (Wildman–Crippen MR) is 114 cm³/mol. The van der Waals surface area contributed by atoms with E-state index in [4.69, 9.17) is 9.47 Å². The summed E-state index contributed by atoms with van der Waals surface area (Å²) >= 11 is 0. The van der Waals surface area contributed by atoms with Crippen molar-refractivity contribution in [2.45, 2.75) is 25.0 Å². The van der Waals surface area contributed by atoms with Crippen LogP contribution in [0.2, 0.25) is 0 Å². The molecule has 2 N–H and O–H groups in total. The fraction of sp³-hybridized carbons (Fsp3) is 0.304. The molecule has 6 heteroatoms. The van der Waals surface area contributed by atoms with E-state index in [1.807, 2.05) is 30.5 Å². The Kier molecular flexibility index (Phi) is 5.91. The first-order valence-electron chi connectivity index (χ1n) is 9.88. The van der Waals surface area contributed by atoms with Crippen LogP contribution in [-0.4, -0.2) is 36.3 Å². The standard InChI is InChI=1S/C23H26N4O2/c1-16(18-10-11-21(28-2)26-14-18)13-27-22(17-7-4-3-5-8-17)20-15-25-19-9-6-12-24-23(19)29-20/h3-12,14,16,20,22,25,27H,13,15H2,1-2H3/t16-,20+,22-/m1/s1. The van der Waals surface area contributed by atoms with Crippen molar-refractivity contribution < 1.29 is 9.47 Å². The molecule has 0 radical (unpaired) electrons. The summed E-state index contributed by atoms with van der Waals surface area (Å²) in [5.41, 5.74) is 3.30. The largest absolute Gasteiger partial charge is 0.481 e. The minimum absolute atomic E-state index is 0.0347. The van der Waals surface area contributed by atoms with Crippen LogP contribution in [0.15, 0.2) is 67.0 Å². The molecule has 2 aromatic heterocycles. The lowest BCUT2D eigenvalue weighted by molar-refractivity contribution is 0.149. The van der Waals surface area contributed by atoms with Crippen molar-refractivity contribution >= 4 is 5.69 Å². The molecule has 4 rings (SSSR count). The van der Waals surface area contributed by atoms with Gasteiger partial charge in [0.05, 0.1) is 25.4 Å². The molecular formula is C23H26N4O2. The molecule has 0 aliphatic carbocycles. The van der Waals surface area contributed by atoms with Gasteiger partial charge in [0.15, 0.2) is 0 Å². The lowest BCUT2D eigenvalue weighted by Crippen LogP contribution is -2.43. The number of nitrogens with one attached hydrogen (secondary N) is 2. The number of ether oxygens (including phenoxy) is 2. The maximum absolute atomic E-state index is 6.25. The van der Waals surface area contributed by atoms with Crippen LogP contribution >= 0.6 is 0 Å². The third-order valence-electron chi connectivity index (χ3n) is 5.24. The first-order valence-corrected chi connectivity index (χ1v) is 9.88. The topological polar surface area (TPSA) is 68.3 Å². The highest BCUT2D eigenvalue weighted by molar-refractivity contribution is 5.54. The summed E-state index contributed by atoms with van der Waals surface area (Å²) in [5.74, 6) is 1.57. The molecule has 0 bridgehead atoms. The molecule has 0 saturated carbocycles. The molecule has 6 nitrogen and oxygen atoms in total. The van der Waals surface area contributed by atoms with Crippen LogP contribution in [0.3, 0.4) is 0 Å². The lowest BCUT2D eigenvalue weighted by Gasteiger charge is -2.33. The van der Waals surface area contributed by atoms with E-state index < -0.39 is 0 Å². The van der Waals surface area contributed by atoms with Crippen LogP contribution in [0.25, 0.3) is 0 Å². The first kappa shape index (κ1) is 19.2. The fourth-order valence-corrected chi connectivity index (χ4v) is 3.55. The van der Waals surface area contributed by atoms with Crippen LogP contribution in [0, 0.1) is 0 Å². The summed E-state index contributed by atoms with van der Waals surface area (Å²) < 4.78 is 11.4. The Morgan fingerprint density at radius 3 is 2.72 bits per heavy atom. The molecule has 3 aromatic rings. The van der Waals surface area contributed by atoms with Gasteiger partial charge in [-0.1, -0.05) is 43.3 Å². The number of benzene rings is 1. The zero-order valence-corrected chi connectivity index (χ0v) is 16.7. The van der Waals surface area contributed by atoms with E-state index in [0.717, 1.165) is 12.2 Å². The van der Waals surface area contributed by atoms with Crippen molar-refractivity contribution in [2.24, 2.45) is 0 Å². The minimum atomic E-state index is -0.0685. The number of anilines is 1. The van der Waals surface area contributed by atoms with Crippen LogP contribution in [0.1, 0.15) is 30.0 Å². The Morgan fingerprint density at radius 2 is 1.97 bits per heavy atom. The zero-order valence-electron chi connectivity index (χ0n) is 16.7. The molecule has 1 aliphatic rings. The average molecular weight is 390 g/mol. The second-order valence-electron chi connectivity index (χ2n) is 7.22.